The topological polar surface area (TPSA) is 56.3 Å². The minimum atomic E-state index is 0.116. The van der Waals surface area contributed by atoms with Gasteiger partial charge >= 0.3 is 0 Å². The van der Waals surface area contributed by atoms with Crippen LogP contribution in [0.25, 0.3) is 0 Å². The Morgan fingerprint density at radius 3 is 2.76 bits per heavy atom. The van der Waals surface area contributed by atoms with E-state index in [1.54, 1.807) is 7.11 Å². The normalized spacial score (nSPS) is 10.6. The van der Waals surface area contributed by atoms with Crippen LogP contribution in [0.4, 0.5) is 5.95 Å². The van der Waals surface area contributed by atoms with Crippen LogP contribution in [0.15, 0.2) is 6.07 Å². The Morgan fingerprint density at radius 1 is 1.35 bits per heavy atom. The van der Waals surface area contributed by atoms with Crippen molar-refractivity contribution in [3.8, 4) is 5.88 Å². The summed E-state index contributed by atoms with van der Waals surface area (Å²) in [7, 11) is 1.69. The molecule has 0 saturated carbocycles. The van der Waals surface area contributed by atoms with Gasteiger partial charge in [0.2, 0.25) is 11.8 Å². The first-order valence-corrected chi connectivity index (χ1v) is 5.87. The van der Waals surface area contributed by atoms with Crippen molar-refractivity contribution in [2.75, 3.05) is 25.6 Å². The van der Waals surface area contributed by atoms with Crippen molar-refractivity contribution in [3.63, 3.8) is 0 Å². The van der Waals surface area contributed by atoms with E-state index >= 15 is 0 Å². The van der Waals surface area contributed by atoms with Crippen LogP contribution in [0.3, 0.4) is 0 Å². The van der Waals surface area contributed by atoms with Gasteiger partial charge in [0.15, 0.2) is 0 Å². The second kappa shape index (κ2) is 7.06. The average molecular weight is 239 g/mol. The first-order valence-electron chi connectivity index (χ1n) is 5.87. The van der Waals surface area contributed by atoms with E-state index in [1.165, 1.54) is 0 Å². The van der Waals surface area contributed by atoms with Gasteiger partial charge in [-0.2, -0.15) is 4.98 Å². The molecule has 1 aromatic rings. The van der Waals surface area contributed by atoms with Gasteiger partial charge in [0.1, 0.15) is 0 Å². The molecule has 0 radical (unpaired) electrons. The number of aromatic nitrogens is 2. The highest BCUT2D eigenvalue weighted by molar-refractivity contribution is 5.30. The molecule has 1 aromatic heterocycles. The Bertz CT molecular complexity index is 343. The van der Waals surface area contributed by atoms with Crippen LogP contribution in [-0.2, 0) is 4.74 Å². The highest BCUT2D eigenvalue weighted by Crippen LogP contribution is 2.13. The summed E-state index contributed by atoms with van der Waals surface area (Å²) in [5.74, 6) is 1.22. The molecule has 0 fully saturated rings. The average Bonchev–Trinajstić information content (AvgIpc) is 2.22. The summed E-state index contributed by atoms with van der Waals surface area (Å²) in [4.78, 5) is 8.58. The molecule has 0 aliphatic rings. The van der Waals surface area contributed by atoms with E-state index in [2.05, 4.69) is 15.3 Å². The maximum atomic E-state index is 5.55. The third-order valence-corrected chi connectivity index (χ3v) is 2.00. The van der Waals surface area contributed by atoms with Crippen LogP contribution in [0.2, 0.25) is 0 Å². The van der Waals surface area contributed by atoms with Crippen molar-refractivity contribution < 1.29 is 9.47 Å². The van der Waals surface area contributed by atoms with E-state index in [4.69, 9.17) is 9.47 Å². The lowest BCUT2D eigenvalue weighted by molar-refractivity contribution is 0.197. The summed E-state index contributed by atoms with van der Waals surface area (Å²) < 4.78 is 10.5. The molecule has 96 valence electrons. The van der Waals surface area contributed by atoms with E-state index < -0.39 is 0 Å². The van der Waals surface area contributed by atoms with E-state index in [9.17, 15) is 0 Å². The molecule has 0 aliphatic heterocycles. The van der Waals surface area contributed by atoms with Crippen molar-refractivity contribution in [2.45, 2.75) is 33.3 Å². The van der Waals surface area contributed by atoms with Crippen LogP contribution in [0.1, 0.15) is 26.0 Å². The Balaban J connectivity index is 2.56. The highest BCUT2D eigenvalue weighted by atomic mass is 16.5. The molecule has 0 amide bonds. The molecule has 17 heavy (non-hydrogen) atoms. The number of rotatable bonds is 7. The summed E-state index contributed by atoms with van der Waals surface area (Å²) in [6.07, 6.45) is 1.04. The fraction of sp³-hybridized carbons (Fsp3) is 0.667. The number of anilines is 1. The smallest absolute Gasteiger partial charge is 0.226 e. The summed E-state index contributed by atoms with van der Waals surface area (Å²) >= 11 is 0. The summed E-state index contributed by atoms with van der Waals surface area (Å²) in [6.45, 7) is 7.40. The van der Waals surface area contributed by atoms with E-state index in [-0.39, 0.29) is 6.10 Å². The van der Waals surface area contributed by atoms with Gasteiger partial charge in [0, 0.05) is 32.0 Å². The molecule has 0 aliphatic carbocycles. The number of hydrogen-bond donors (Lipinski definition) is 1. The minimum absolute atomic E-state index is 0.116. The van der Waals surface area contributed by atoms with Crippen LogP contribution in [0, 0.1) is 6.92 Å². The van der Waals surface area contributed by atoms with Crippen LogP contribution in [-0.4, -0.2) is 36.3 Å². The van der Waals surface area contributed by atoms with Gasteiger partial charge < -0.3 is 14.8 Å². The lowest BCUT2D eigenvalue weighted by Crippen LogP contribution is -2.11. The van der Waals surface area contributed by atoms with Gasteiger partial charge in [0.05, 0.1) is 6.10 Å². The first kappa shape index (κ1) is 13.7. The second-order valence-electron chi connectivity index (χ2n) is 4.11. The molecule has 5 nitrogen and oxygen atoms in total. The maximum Gasteiger partial charge on any atom is 0.226 e. The number of hydrogen-bond acceptors (Lipinski definition) is 5. The van der Waals surface area contributed by atoms with Crippen molar-refractivity contribution in [3.05, 3.63) is 11.8 Å². The minimum Gasteiger partial charge on any atom is -0.475 e. The molecule has 0 bridgehead atoms. The molecule has 1 N–H and O–H groups in total. The van der Waals surface area contributed by atoms with Crippen molar-refractivity contribution in [2.24, 2.45) is 0 Å². The number of methoxy groups -OCH3 is 1. The molecule has 0 unspecified atom stereocenters. The fourth-order valence-corrected chi connectivity index (χ4v) is 1.34. The van der Waals surface area contributed by atoms with Gasteiger partial charge in [0.25, 0.3) is 0 Å². The molecule has 5 heteroatoms. The lowest BCUT2D eigenvalue weighted by Gasteiger charge is -2.11. The number of nitrogens with zero attached hydrogens (tertiary/aromatic N) is 2. The number of nitrogens with one attached hydrogen (secondary N) is 1. The summed E-state index contributed by atoms with van der Waals surface area (Å²) in [6, 6.07) is 1.83. The van der Waals surface area contributed by atoms with Gasteiger partial charge in [-0.3, -0.25) is 0 Å². The van der Waals surface area contributed by atoms with Crippen molar-refractivity contribution >= 4 is 5.95 Å². The molecule has 0 saturated heterocycles. The zero-order valence-corrected chi connectivity index (χ0v) is 11.0. The molecule has 0 aromatic carbocycles. The largest absolute Gasteiger partial charge is 0.475 e. The van der Waals surface area contributed by atoms with Crippen LogP contribution >= 0.6 is 0 Å². The zero-order valence-electron chi connectivity index (χ0n) is 11.0. The Hall–Kier alpha value is -1.36. The lowest BCUT2D eigenvalue weighted by atomic mass is 10.4. The van der Waals surface area contributed by atoms with Crippen LogP contribution in [0.5, 0.6) is 5.88 Å². The van der Waals surface area contributed by atoms with Gasteiger partial charge in [-0.25, -0.2) is 4.98 Å². The predicted molar refractivity (Wildman–Crippen MR) is 67.5 cm³/mol. The summed E-state index contributed by atoms with van der Waals surface area (Å²) in [5.41, 5.74) is 0.893. The van der Waals surface area contributed by atoms with E-state index in [0.717, 1.165) is 25.3 Å². The SMILES string of the molecule is COCCCNc1nc(C)cc(OC(C)C)n1. The Labute approximate surface area is 103 Å². The van der Waals surface area contributed by atoms with Gasteiger partial charge in [-0.1, -0.05) is 0 Å². The number of ether oxygens (including phenoxy) is 2. The van der Waals surface area contributed by atoms with Crippen molar-refractivity contribution in [1.29, 1.82) is 0 Å². The molecule has 0 atom stereocenters. The van der Waals surface area contributed by atoms with E-state index in [1.807, 2.05) is 26.8 Å². The highest BCUT2D eigenvalue weighted by Gasteiger charge is 2.04. The molecule has 0 spiro atoms. The first-order chi connectivity index (χ1) is 8.11. The molecular formula is C12H21N3O2. The Morgan fingerprint density at radius 2 is 2.12 bits per heavy atom. The molecular weight excluding hydrogens is 218 g/mol. The van der Waals surface area contributed by atoms with Crippen molar-refractivity contribution in [1.82, 2.24) is 9.97 Å². The standard InChI is InChI=1S/C12H21N3O2/c1-9(2)17-11-8-10(3)14-12(15-11)13-6-5-7-16-4/h8-9H,5-7H2,1-4H3,(H,13,14,15). The van der Waals surface area contributed by atoms with Crippen LogP contribution < -0.4 is 10.1 Å². The maximum absolute atomic E-state index is 5.55. The van der Waals surface area contributed by atoms with E-state index in [0.29, 0.717) is 11.8 Å². The summed E-state index contributed by atoms with van der Waals surface area (Å²) in [5, 5.41) is 3.15. The molecule has 1 rings (SSSR count). The zero-order chi connectivity index (χ0) is 12.7. The third-order valence-electron chi connectivity index (χ3n) is 2.00. The quantitative estimate of drug-likeness (QED) is 0.738. The second-order valence-corrected chi connectivity index (χ2v) is 4.11. The van der Waals surface area contributed by atoms with Gasteiger partial charge in [-0.05, 0) is 27.2 Å². The fourth-order valence-electron chi connectivity index (χ4n) is 1.34. The monoisotopic (exact) mass is 239 g/mol. The Kier molecular flexibility index (Phi) is 5.69. The number of aryl methyl sites for hydroxylation is 1. The third kappa shape index (κ3) is 5.49. The van der Waals surface area contributed by atoms with Gasteiger partial charge in [-0.15, -0.1) is 0 Å². The predicted octanol–water partition coefficient (Wildman–Crippen LogP) is 2.02. The molecule has 1 heterocycles.